The molecular weight excluding hydrogens is 290 g/mol. The van der Waals surface area contributed by atoms with Crippen LogP contribution >= 0.6 is 0 Å². The number of para-hydroxylation sites is 1. The number of amides is 1. The number of ether oxygens (including phenoxy) is 2. The van der Waals surface area contributed by atoms with Gasteiger partial charge in [0.1, 0.15) is 13.2 Å². The van der Waals surface area contributed by atoms with Crippen LogP contribution in [0.1, 0.15) is 56.6 Å². The normalized spacial score (nSPS) is 24.2. The molecule has 4 rings (SSSR count). The molecule has 4 heteroatoms. The second kappa shape index (κ2) is 6.42. The molecule has 0 bridgehead atoms. The van der Waals surface area contributed by atoms with Crippen LogP contribution < -0.4 is 9.47 Å². The first kappa shape index (κ1) is 14.9. The Hall–Kier alpha value is -1.71. The first-order chi connectivity index (χ1) is 11.3. The van der Waals surface area contributed by atoms with Crippen molar-refractivity contribution >= 4 is 5.91 Å². The number of benzene rings is 1. The molecule has 1 aromatic rings. The predicted molar refractivity (Wildman–Crippen MR) is 87.7 cm³/mol. The lowest BCUT2D eigenvalue weighted by Crippen LogP contribution is -2.32. The molecule has 1 saturated carbocycles. The zero-order valence-electron chi connectivity index (χ0n) is 13.6. The summed E-state index contributed by atoms with van der Waals surface area (Å²) in [4.78, 5) is 14.9. The monoisotopic (exact) mass is 315 g/mol. The molecule has 1 aliphatic carbocycles. The van der Waals surface area contributed by atoms with E-state index in [0.717, 1.165) is 42.9 Å². The van der Waals surface area contributed by atoms with Crippen LogP contribution in [0.15, 0.2) is 18.2 Å². The SMILES string of the molecule is O=C(CC1CCCC1)N1CCC[C@H]1c1cccc2c1OCCO2. The Bertz CT molecular complexity index is 580. The number of carbonyl (C=O) groups is 1. The minimum Gasteiger partial charge on any atom is -0.486 e. The van der Waals surface area contributed by atoms with Crippen molar-refractivity contribution in [3.8, 4) is 11.5 Å². The largest absolute Gasteiger partial charge is 0.486 e. The van der Waals surface area contributed by atoms with E-state index in [4.69, 9.17) is 9.47 Å². The van der Waals surface area contributed by atoms with Crippen molar-refractivity contribution in [2.75, 3.05) is 19.8 Å². The number of rotatable bonds is 3. The van der Waals surface area contributed by atoms with E-state index >= 15 is 0 Å². The fraction of sp³-hybridized carbons (Fsp3) is 0.632. The number of hydrogen-bond acceptors (Lipinski definition) is 3. The van der Waals surface area contributed by atoms with Crippen molar-refractivity contribution in [2.24, 2.45) is 5.92 Å². The van der Waals surface area contributed by atoms with Crippen LogP contribution in [0.2, 0.25) is 0 Å². The molecule has 1 aromatic carbocycles. The minimum absolute atomic E-state index is 0.153. The van der Waals surface area contributed by atoms with Gasteiger partial charge in [0.2, 0.25) is 5.91 Å². The molecule has 0 aromatic heterocycles. The van der Waals surface area contributed by atoms with E-state index in [1.54, 1.807) is 0 Å². The van der Waals surface area contributed by atoms with Crippen molar-refractivity contribution < 1.29 is 14.3 Å². The van der Waals surface area contributed by atoms with E-state index in [1.807, 2.05) is 12.1 Å². The zero-order valence-corrected chi connectivity index (χ0v) is 13.6. The summed E-state index contributed by atoms with van der Waals surface area (Å²) in [5, 5.41) is 0. The van der Waals surface area contributed by atoms with E-state index in [9.17, 15) is 4.79 Å². The molecule has 2 heterocycles. The summed E-state index contributed by atoms with van der Waals surface area (Å²) >= 11 is 0. The van der Waals surface area contributed by atoms with Crippen LogP contribution in [-0.4, -0.2) is 30.6 Å². The summed E-state index contributed by atoms with van der Waals surface area (Å²) < 4.78 is 11.6. The maximum atomic E-state index is 12.8. The van der Waals surface area contributed by atoms with Gasteiger partial charge in [-0.25, -0.2) is 0 Å². The van der Waals surface area contributed by atoms with E-state index in [0.29, 0.717) is 25.0 Å². The van der Waals surface area contributed by atoms with E-state index in [2.05, 4.69) is 11.0 Å². The lowest BCUT2D eigenvalue weighted by molar-refractivity contribution is -0.133. The summed E-state index contributed by atoms with van der Waals surface area (Å²) in [5.74, 6) is 2.61. The Morgan fingerprint density at radius 2 is 1.91 bits per heavy atom. The van der Waals surface area contributed by atoms with Gasteiger partial charge in [0.05, 0.1) is 6.04 Å². The molecule has 124 valence electrons. The molecule has 3 aliphatic rings. The first-order valence-corrected chi connectivity index (χ1v) is 9.01. The van der Waals surface area contributed by atoms with Crippen molar-refractivity contribution in [2.45, 2.75) is 51.0 Å². The Kier molecular flexibility index (Phi) is 4.15. The molecular formula is C19H25NO3. The van der Waals surface area contributed by atoms with Gasteiger partial charge in [-0.3, -0.25) is 4.79 Å². The Labute approximate surface area is 137 Å². The summed E-state index contributed by atoms with van der Waals surface area (Å²) in [6.07, 6.45) is 7.85. The molecule has 0 spiro atoms. The van der Waals surface area contributed by atoms with Gasteiger partial charge < -0.3 is 14.4 Å². The highest BCUT2D eigenvalue weighted by atomic mass is 16.6. The van der Waals surface area contributed by atoms with E-state index in [1.165, 1.54) is 25.7 Å². The van der Waals surface area contributed by atoms with Gasteiger partial charge in [-0.1, -0.05) is 25.0 Å². The van der Waals surface area contributed by atoms with Gasteiger partial charge in [-0.05, 0) is 37.7 Å². The minimum atomic E-state index is 0.153. The highest BCUT2D eigenvalue weighted by Crippen LogP contribution is 2.43. The van der Waals surface area contributed by atoms with Gasteiger partial charge in [0, 0.05) is 18.5 Å². The third-order valence-corrected chi connectivity index (χ3v) is 5.47. The molecule has 0 N–H and O–H groups in total. The zero-order chi connectivity index (χ0) is 15.6. The Balaban J connectivity index is 1.54. The fourth-order valence-electron chi connectivity index (χ4n) is 4.33. The Morgan fingerprint density at radius 3 is 2.78 bits per heavy atom. The average molecular weight is 315 g/mol. The molecule has 1 saturated heterocycles. The summed E-state index contributed by atoms with van der Waals surface area (Å²) in [7, 11) is 0. The van der Waals surface area contributed by atoms with Crippen LogP contribution in [0.25, 0.3) is 0 Å². The number of nitrogens with zero attached hydrogens (tertiary/aromatic N) is 1. The predicted octanol–water partition coefficient (Wildman–Crippen LogP) is 3.70. The summed E-state index contributed by atoms with van der Waals surface area (Å²) in [5.41, 5.74) is 1.12. The number of hydrogen-bond donors (Lipinski definition) is 0. The third kappa shape index (κ3) is 2.91. The second-order valence-corrected chi connectivity index (χ2v) is 6.97. The van der Waals surface area contributed by atoms with Gasteiger partial charge in [-0.15, -0.1) is 0 Å². The number of fused-ring (bicyclic) bond motifs is 1. The van der Waals surface area contributed by atoms with Gasteiger partial charge in [0.25, 0.3) is 0 Å². The highest BCUT2D eigenvalue weighted by molar-refractivity contribution is 5.77. The molecule has 1 amide bonds. The van der Waals surface area contributed by atoms with Gasteiger partial charge in [-0.2, -0.15) is 0 Å². The van der Waals surface area contributed by atoms with Crippen molar-refractivity contribution in [3.05, 3.63) is 23.8 Å². The van der Waals surface area contributed by atoms with Crippen LogP contribution in [0.4, 0.5) is 0 Å². The maximum Gasteiger partial charge on any atom is 0.223 e. The third-order valence-electron chi connectivity index (χ3n) is 5.47. The van der Waals surface area contributed by atoms with Gasteiger partial charge >= 0.3 is 0 Å². The fourth-order valence-corrected chi connectivity index (χ4v) is 4.33. The van der Waals surface area contributed by atoms with Crippen molar-refractivity contribution in [1.29, 1.82) is 0 Å². The molecule has 0 unspecified atom stereocenters. The van der Waals surface area contributed by atoms with Crippen LogP contribution in [0.5, 0.6) is 11.5 Å². The van der Waals surface area contributed by atoms with Crippen LogP contribution in [0.3, 0.4) is 0 Å². The molecule has 0 radical (unpaired) electrons. The van der Waals surface area contributed by atoms with Crippen LogP contribution in [-0.2, 0) is 4.79 Å². The maximum absolute atomic E-state index is 12.8. The summed E-state index contributed by atoms with van der Waals surface area (Å²) in [6, 6.07) is 6.22. The number of carbonyl (C=O) groups excluding carboxylic acids is 1. The molecule has 1 atom stereocenters. The smallest absolute Gasteiger partial charge is 0.223 e. The van der Waals surface area contributed by atoms with E-state index in [-0.39, 0.29) is 6.04 Å². The summed E-state index contributed by atoms with van der Waals surface area (Å²) in [6.45, 7) is 2.07. The van der Waals surface area contributed by atoms with Crippen molar-refractivity contribution in [3.63, 3.8) is 0 Å². The van der Waals surface area contributed by atoms with E-state index < -0.39 is 0 Å². The van der Waals surface area contributed by atoms with Crippen molar-refractivity contribution in [1.82, 2.24) is 4.90 Å². The van der Waals surface area contributed by atoms with Crippen LogP contribution in [0, 0.1) is 5.92 Å². The van der Waals surface area contributed by atoms with Gasteiger partial charge in [0.15, 0.2) is 11.5 Å². The quantitative estimate of drug-likeness (QED) is 0.853. The number of likely N-dealkylation sites (tertiary alicyclic amines) is 1. The molecule has 2 aliphatic heterocycles. The topological polar surface area (TPSA) is 38.8 Å². The second-order valence-electron chi connectivity index (χ2n) is 6.97. The molecule has 2 fully saturated rings. The first-order valence-electron chi connectivity index (χ1n) is 9.01. The lowest BCUT2D eigenvalue weighted by Gasteiger charge is -2.29. The Morgan fingerprint density at radius 1 is 1.09 bits per heavy atom. The standard InChI is InChI=1S/C19H25NO3/c21-18(13-14-5-1-2-6-14)20-10-4-8-16(20)15-7-3-9-17-19(15)23-12-11-22-17/h3,7,9,14,16H,1-2,4-6,8,10-13H2/t16-/m0/s1. The highest BCUT2D eigenvalue weighted by Gasteiger charge is 2.34. The lowest BCUT2D eigenvalue weighted by atomic mass is 10.00. The molecule has 4 nitrogen and oxygen atoms in total. The molecule has 23 heavy (non-hydrogen) atoms. The average Bonchev–Trinajstić information content (AvgIpc) is 3.25.